The molecular weight excluding hydrogens is 201 g/mol. The molecule has 0 aliphatic carbocycles. The summed E-state index contributed by atoms with van der Waals surface area (Å²) in [4.78, 5) is 0. The summed E-state index contributed by atoms with van der Waals surface area (Å²) in [6, 6.07) is 5.03. The van der Waals surface area contributed by atoms with E-state index in [2.05, 4.69) is 13.8 Å². The molecule has 0 atom stereocenters. The van der Waals surface area contributed by atoms with E-state index in [0.29, 0.717) is 6.54 Å². The van der Waals surface area contributed by atoms with Crippen molar-refractivity contribution in [1.29, 1.82) is 0 Å². The average Bonchev–Trinajstić information content (AvgIpc) is 2.29. The topological polar surface area (TPSA) is 26.0 Å². The Labute approximate surface area is 97.9 Å². The minimum Gasteiger partial charge on any atom is -0.330 e. The summed E-state index contributed by atoms with van der Waals surface area (Å²) in [5, 5.41) is 0. The monoisotopic (exact) mass is 223 g/mol. The van der Waals surface area contributed by atoms with Gasteiger partial charge in [-0.2, -0.15) is 0 Å². The maximum Gasteiger partial charge on any atom is 0.123 e. The van der Waals surface area contributed by atoms with Gasteiger partial charge in [0.1, 0.15) is 5.82 Å². The molecule has 2 heteroatoms. The minimum atomic E-state index is -0.160. The predicted molar refractivity (Wildman–Crippen MR) is 66.9 cm³/mol. The van der Waals surface area contributed by atoms with Gasteiger partial charge in [0.15, 0.2) is 0 Å². The summed E-state index contributed by atoms with van der Waals surface area (Å²) in [7, 11) is 0. The lowest BCUT2D eigenvalue weighted by molar-refractivity contribution is 0.270. The van der Waals surface area contributed by atoms with Gasteiger partial charge < -0.3 is 5.73 Å². The maximum atomic E-state index is 13.0. The highest BCUT2D eigenvalue weighted by Gasteiger charge is 2.25. The fourth-order valence-electron chi connectivity index (χ4n) is 2.12. The second-order valence-corrected chi connectivity index (χ2v) is 4.66. The first kappa shape index (κ1) is 13.2. The van der Waals surface area contributed by atoms with Gasteiger partial charge in [0.25, 0.3) is 0 Å². The first-order chi connectivity index (χ1) is 7.56. The molecule has 0 spiro atoms. The Balaban J connectivity index is 2.93. The van der Waals surface area contributed by atoms with Crippen LogP contribution < -0.4 is 5.73 Å². The van der Waals surface area contributed by atoms with E-state index in [1.807, 2.05) is 13.0 Å². The van der Waals surface area contributed by atoms with Crippen molar-refractivity contribution in [2.75, 3.05) is 6.54 Å². The summed E-state index contributed by atoms with van der Waals surface area (Å²) < 4.78 is 13.0. The largest absolute Gasteiger partial charge is 0.330 e. The number of hydrogen-bond donors (Lipinski definition) is 1. The highest BCUT2D eigenvalue weighted by molar-refractivity contribution is 5.27. The van der Waals surface area contributed by atoms with Crippen LogP contribution in [0, 0.1) is 18.2 Å². The van der Waals surface area contributed by atoms with E-state index in [1.165, 1.54) is 11.6 Å². The smallest absolute Gasteiger partial charge is 0.123 e. The van der Waals surface area contributed by atoms with Crippen LogP contribution >= 0.6 is 0 Å². The van der Waals surface area contributed by atoms with E-state index in [4.69, 9.17) is 5.73 Å². The standard InChI is InChI=1S/C14H22FN/c1-4-14(5-2,10-16)9-12-6-7-13(15)8-11(12)3/h6-8H,4-5,9-10,16H2,1-3H3. The van der Waals surface area contributed by atoms with Crippen molar-refractivity contribution < 1.29 is 4.39 Å². The fraction of sp³-hybridized carbons (Fsp3) is 0.571. The number of benzene rings is 1. The third-order valence-electron chi connectivity index (χ3n) is 3.80. The van der Waals surface area contributed by atoms with Gasteiger partial charge in [-0.1, -0.05) is 19.9 Å². The van der Waals surface area contributed by atoms with E-state index >= 15 is 0 Å². The zero-order valence-corrected chi connectivity index (χ0v) is 10.5. The van der Waals surface area contributed by atoms with Crippen molar-refractivity contribution in [3.8, 4) is 0 Å². The lowest BCUT2D eigenvalue weighted by Crippen LogP contribution is -2.31. The molecule has 0 saturated carbocycles. The average molecular weight is 223 g/mol. The third kappa shape index (κ3) is 2.82. The van der Waals surface area contributed by atoms with E-state index < -0.39 is 0 Å². The van der Waals surface area contributed by atoms with Crippen LogP contribution in [-0.4, -0.2) is 6.54 Å². The van der Waals surface area contributed by atoms with Crippen LogP contribution in [-0.2, 0) is 6.42 Å². The first-order valence-corrected chi connectivity index (χ1v) is 6.02. The van der Waals surface area contributed by atoms with Crippen LogP contribution in [0.3, 0.4) is 0 Å². The van der Waals surface area contributed by atoms with Crippen molar-refractivity contribution >= 4 is 0 Å². The van der Waals surface area contributed by atoms with Crippen LogP contribution in [0.15, 0.2) is 18.2 Å². The van der Waals surface area contributed by atoms with Crippen molar-refractivity contribution in [3.63, 3.8) is 0 Å². The number of rotatable bonds is 5. The lowest BCUT2D eigenvalue weighted by Gasteiger charge is -2.30. The summed E-state index contributed by atoms with van der Waals surface area (Å²) >= 11 is 0. The molecule has 0 heterocycles. The highest BCUT2D eigenvalue weighted by Crippen LogP contribution is 2.30. The Kier molecular flexibility index (Phi) is 4.48. The molecule has 1 rings (SSSR count). The summed E-state index contributed by atoms with van der Waals surface area (Å²) in [6.45, 7) is 7.01. The molecule has 1 aromatic rings. The lowest BCUT2D eigenvalue weighted by atomic mass is 9.76. The highest BCUT2D eigenvalue weighted by atomic mass is 19.1. The van der Waals surface area contributed by atoms with Gasteiger partial charge in [0.2, 0.25) is 0 Å². The van der Waals surface area contributed by atoms with Crippen molar-refractivity contribution in [2.45, 2.75) is 40.0 Å². The van der Waals surface area contributed by atoms with Crippen molar-refractivity contribution in [1.82, 2.24) is 0 Å². The van der Waals surface area contributed by atoms with Crippen LogP contribution in [0.25, 0.3) is 0 Å². The minimum absolute atomic E-state index is 0.160. The third-order valence-corrected chi connectivity index (χ3v) is 3.80. The maximum absolute atomic E-state index is 13.0. The molecule has 90 valence electrons. The molecule has 0 aliphatic rings. The van der Waals surface area contributed by atoms with Gasteiger partial charge in [-0.05, 0) is 61.4 Å². The van der Waals surface area contributed by atoms with Crippen LogP contribution in [0.5, 0.6) is 0 Å². The Morgan fingerprint density at radius 2 is 1.88 bits per heavy atom. The predicted octanol–water partition coefficient (Wildman–Crippen LogP) is 3.44. The zero-order chi connectivity index (χ0) is 12.2. The number of hydrogen-bond acceptors (Lipinski definition) is 1. The molecule has 0 aromatic heterocycles. The summed E-state index contributed by atoms with van der Waals surface area (Å²) in [6.07, 6.45) is 3.08. The molecule has 16 heavy (non-hydrogen) atoms. The molecule has 1 aromatic carbocycles. The molecule has 0 radical (unpaired) electrons. The van der Waals surface area contributed by atoms with E-state index in [9.17, 15) is 4.39 Å². The SMILES string of the molecule is CCC(CC)(CN)Cc1ccc(F)cc1C. The molecule has 1 nitrogen and oxygen atoms in total. The van der Waals surface area contributed by atoms with Gasteiger partial charge in [-0.3, -0.25) is 0 Å². The van der Waals surface area contributed by atoms with Gasteiger partial charge in [-0.15, -0.1) is 0 Å². The van der Waals surface area contributed by atoms with Crippen molar-refractivity contribution in [2.24, 2.45) is 11.1 Å². The molecule has 0 bridgehead atoms. The Hall–Kier alpha value is -0.890. The molecule has 2 N–H and O–H groups in total. The fourth-order valence-corrected chi connectivity index (χ4v) is 2.12. The summed E-state index contributed by atoms with van der Waals surface area (Å²) in [5.41, 5.74) is 8.30. The van der Waals surface area contributed by atoms with Crippen molar-refractivity contribution in [3.05, 3.63) is 35.1 Å². The van der Waals surface area contributed by atoms with Gasteiger partial charge in [-0.25, -0.2) is 4.39 Å². The van der Waals surface area contributed by atoms with Gasteiger partial charge in [0.05, 0.1) is 0 Å². The molecule has 0 aliphatic heterocycles. The number of aryl methyl sites for hydroxylation is 1. The van der Waals surface area contributed by atoms with Crippen LogP contribution in [0.2, 0.25) is 0 Å². The molecular formula is C14H22FN. The van der Waals surface area contributed by atoms with Crippen LogP contribution in [0.1, 0.15) is 37.8 Å². The quantitative estimate of drug-likeness (QED) is 0.813. The number of halogens is 1. The Morgan fingerprint density at radius 1 is 1.25 bits per heavy atom. The molecule has 0 fully saturated rings. The first-order valence-electron chi connectivity index (χ1n) is 6.02. The van der Waals surface area contributed by atoms with Gasteiger partial charge in [0, 0.05) is 0 Å². The second-order valence-electron chi connectivity index (χ2n) is 4.66. The van der Waals surface area contributed by atoms with Gasteiger partial charge >= 0.3 is 0 Å². The molecule has 0 saturated heterocycles. The number of nitrogens with two attached hydrogens (primary N) is 1. The Morgan fingerprint density at radius 3 is 2.31 bits per heavy atom. The Bertz CT molecular complexity index is 334. The second kappa shape index (κ2) is 5.44. The molecule has 0 unspecified atom stereocenters. The van der Waals surface area contributed by atoms with E-state index in [1.54, 1.807) is 6.07 Å². The van der Waals surface area contributed by atoms with Crippen LogP contribution in [0.4, 0.5) is 4.39 Å². The normalized spacial score (nSPS) is 11.8. The van der Waals surface area contributed by atoms with E-state index in [0.717, 1.165) is 24.8 Å². The summed E-state index contributed by atoms with van der Waals surface area (Å²) in [5.74, 6) is -0.160. The molecule has 0 amide bonds. The zero-order valence-electron chi connectivity index (χ0n) is 10.5. The van der Waals surface area contributed by atoms with E-state index in [-0.39, 0.29) is 11.2 Å².